The number of ether oxygens (including phenoxy) is 3. The smallest absolute Gasteiger partial charge is 0.338 e. The highest BCUT2D eigenvalue weighted by atomic mass is 32.2. The van der Waals surface area contributed by atoms with E-state index >= 15 is 0 Å². The largest absolute Gasteiger partial charge is 0.459 e. The van der Waals surface area contributed by atoms with Gasteiger partial charge in [-0.25, -0.2) is 4.79 Å². The molecule has 1 aromatic carbocycles. The van der Waals surface area contributed by atoms with Gasteiger partial charge in [0.15, 0.2) is 6.29 Å². The molecule has 21 heavy (non-hydrogen) atoms. The summed E-state index contributed by atoms with van der Waals surface area (Å²) in [7, 11) is 1.59. The maximum atomic E-state index is 11.9. The molecule has 3 rings (SSSR count). The van der Waals surface area contributed by atoms with Crippen LogP contribution in [0.5, 0.6) is 0 Å². The van der Waals surface area contributed by atoms with Gasteiger partial charge >= 0.3 is 5.97 Å². The number of esters is 1. The zero-order valence-electron chi connectivity index (χ0n) is 11.1. The highest BCUT2D eigenvalue weighted by Gasteiger charge is 2.57. The molecule has 2 saturated heterocycles. The molecular weight excluding hydrogens is 298 g/mol. The summed E-state index contributed by atoms with van der Waals surface area (Å²) in [5.41, 5.74) is 0.215. The van der Waals surface area contributed by atoms with Gasteiger partial charge < -0.3 is 14.2 Å². The molecule has 0 unspecified atom stereocenters. The van der Waals surface area contributed by atoms with E-state index < -0.39 is 10.9 Å². The van der Waals surface area contributed by atoms with Crippen molar-refractivity contribution >= 4 is 23.4 Å². The number of fused-ring (bicyclic) bond motifs is 1. The van der Waals surface area contributed by atoms with Crippen molar-refractivity contribution in [1.82, 2.24) is 0 Å². The van der Waals surface area contributed by atoms with Crippen LogP contribution in [0.25, 0.3) is 0 Å². The predicted molar refractivity (Wildman–Crippen MR) is 74.2 cm³/mol. The Kier molecular flexibility index (Phi) is 3.83. The SMILES string of the molecule is CO[C@H]1O[C@@H](COC(=O)c2ccc([N+](=O)[O-])cc2)[C@@H]2S[C@H]12. The second-order valence-corrected chi connectivity index (χ2v) is 6.11. The first-order chi connectivity index (χ1) is 10.1. The van der Waals surface area contributed by atoms with Gasteiger partial charge in [-0.3, -0.25) is 10.1 Å². The number of nitrogens with zero attached hydrogens (tertiary/aromatic N) is 1. The van der Waals surface area contributed by atoms with E-state index in [1.165, 1.54) is 24.3 Å². The molecule has 2 aliphatic rings. The Morgan fingerprint density at radius 2 is 2.10 bits per heavy atom. The van der Waals surface area contributed by atoms with E-state index in [-0.39, 0.29) is 30.3 Å². The van der Waals surface area contributed by atoms with Gasteiger partial charge in [-0.1, -0.05) is 0 Å². The zero-order valence-corrected chi connectivity index (χ0v) is 11.9. The quantitative estimate of drug-likeness (QED) is 0.353. The number of rotatable bonds is 5. The van der Waals surface area contributed by atoms with Crippen molar-refractivity contribution in [2.45, 2.75) is 22.9 Å². The number of hydrogen-bond acceptors (Lipinski definition) is 7. The van der Waals surface area contributed by atoms with Gasteiger partial charge in [0.25, 0.3) is 5.69 Å². The first-order valence-electron chi connectivity index (χ1n) is 6.35. The third kappa shape index (κ3) is 2.87. The van der Waals surface area contributed by atoms with Crippen molar-refractivity contribution in [3.63, 3.8) is 0 Å². The Bertz CT molecular complexity index is 562. The summed E-state index contributed by atoms with van der Waals surface area (Å²) < 4.78 is 16.0. The summed E-state index contributed by atoms with van der Waals surface area (Å²) in [6.45, 7) is 0.157. The molecule has 0 aliphatic carbocycles. The van der Waals surface area contributed by atoms with Crippen molar-refractivity contribution in [3.8, 4) is 0 Å². The third-order valence-electron chi connectivity index (χ3n) is 3.43. The normalized spacial score (nSPS) is 29.8. The number of carbonyl (C=O) groups excluding carboxylic acids is 1. The fraction of sp³-hybridized carbons (Fsp3) is 0.462. The number of hydrogen-bond donors (Lipinski definition) is 0. The maximum Gasteiger partial charge on any atom is 0.338 e. The second kappa shape index (κ2) is 5.63. The third-order valence-corrected chi connectivity index (χ3v) is 4.86. The summed E-state index contributed by atoms with van der Waals surface area (Å²) in [5, 5.41) is 11.2. The van der Waals surface area contributed by atoms with Crippen LogP contribution in [0.2, 0.25) is 0 Å². The maximum absolute atomic E-state index is 11.9. The molecule has 0 aromatic heterocycles. The summed E-state index contributed by atoms with van der Waals surface area (Å²) in [6, 6.07) is 5.30. The monoisotopic (exact) mass is 311 g/mol. The van der Waals surface area contributed by atoms with Gasteiger partial charge in [-0.05, 0) is 12.1 Å². The number of nitro groups is 1. The Morgan fingerprint density at radius 3 is 2.67 bits per heavy atom. The van der Waals surface area contributed by atoms with Gasteiger partial charge in [-0.2, -0.15) is 0 Å². The summed E-state index contributed by atoms with van der Waals surface area (Å²) >= 11 is 1.76. The molecule has 2 heterocycles. The molecule has 0 bridgehead atoms. The van der Waals surface area contributed by atoms with Crippen LogP contribution < -0.4 is 0 Å². The number of thioether (sulfide) groups is 1. The van der Waals surface area contributed by atoms with Crippen molar-refractivity contribution in [2.24, 2.45) is 0 Å². The molecule has 0 amide bonds. The first-order valence-corrected chi connectivity index (χ1v) is 7.29. The van der Waals surface area contributed by atoms with Gasteiger partial charge in [0.2, 0.25) is 0 Å². The highest BCUT2D eigenvalue weighted by molar-refractivity contribution is 8.07. The number of carbonyl (C=O) groups is 1. The molecule has 112 valence electrons. The lowest BCUT2D eigenvalue weighted by Crippen LogP contribution is -2.25. The van der Waals surface area contributed by atoms with Crippen molar-refractivity contribution in [1.29, 1.82) is 0 Å². The average molecular weight is 311 g/mol. The van der Waals surface area contributed by atoms with Crippen LogP contribution in [0.3, 0.4) is 0 Å². The van der Waals surface area contributed by atoms with E-state index in [0.29, 0.717) is 10.5 Å². The van der Waals surface area contributed by atoms with E-state index in [1.807, 2.05) is 0 Å². The average Bonchev–Trinajstić information content (AvgIpc) is 3.21. The molecule has 7 nitrogen and oxygen atoms in total. The molecule has 0 radical (unpaired) electrons. The van der Waals surface area contributed by atoms with Gasteiger partial charge in [-0.15, -0.1) is 11.8 Å². The minimum Gasteiger partial charge on any atom is -0.459 e. The van der Waals surface area contributed by atoms with Gasteiger partial charge in [0.05, 0.1) is 21.0 Å². The van der Waals surface area contributed by atoms with Crippen molar-refractivity contribution < 1.29 is 23.9 Å². The highest BCUT2D eigenvalue weighted by Crippen LogP contribution is 2.53. The Labute approximate surface area is 124 Å². The van der Waals surface area contributed by atoms with E-state index in [2.05, 4.69) is 0 Å². The topological polar surface area (TPSA) is 87.9 Å². The molecule has 4 atom stereocenters. The van der Waals surface area contributed by atoms with Crippen LogP contribution in [0, 0.1) is 10.1 Å². The Balaban J connectivity index is 1.54. The van der Waals surface area contributed by atoms with E-state index in [0.717, 1.165) is 0 Å². The number of benzene rings is 1. The molecule has 0 N–H and O–H groups in total. The van der Waals surface area contributed by atoms with Gasteiger partial charge in [0, 0.05) is 19.2 Å². The molecule has 1 aromatic rings. The lowest BCUT2D eigenvalue weighted by Gasteiger charge is -2.16. The number of non-ortho nitro benzene ring substituents is 1. The lowest BCUT2D eigenvalue weighted by atomic mass is 10.2. The van der Waals surface area contributed by atoms with Crippen LogP contribution in [0.4, 0.5) is 5.69 Å². The lowest BCUT2D eigenvalue weighted by molar-refractivity contribution is -0.384. The minimum absolute atomic E-state index is 0.0640. The second-order valence-electron chi connectivity index (χ2n) is 4.75. The van der Waals surface area contributed by atoms with Gasteiger partial charge in [0.1, 0.15) is 12.7 Å². The first kappa shape index (κ1) is 14.3. The fourth-order valence-electron chi connectivity index (χ4n) is 2.27. The van der Waals surface area contributed by atoms with Crippen LogP contribution in [0.15, 0.2) is 24.3 Å². The standard InChI is InChI=1S/C13H13NO6S/c1-18-13-11-10(21-11)9(20-13)6-19-12(15)7-2-4-8(5-3-7)14(16)17/h2-5,9-11,13H,6H2,1H3/t9-,10-,11-,13-/m0/s1. The van der Waals surface area contributed by atoms with Crippen LogP contribution in [0.1, 0.15) is 10.4 Å². The molecule has 8 heteroatoms. The van der Waals surface area contributed by atoms with Crippen LogP contribution in [-0.2, 0) is 14.2 Å². The molecule has 2 aliphatic heterocycles. The summed E-state index contributed by atoms with van der Waals surface area (Å²) in [5.74, 6) is -0.517. The summed E-state index contributed by atoms with van der Waals surface area (Å²) in [4.78, 5) is 21.9. The molecule has 2 fully saturated rings. The van der Waals surface area contributed by atoms with Crippen LogP contribution >= 0.6 is 11.8 Å². The molecular formula is C13H13NO6S. The van der Waals surface area contributed by atoms with E-state index in [4.69, 9.17) is 14.2 Å². The number of nitro benzene ring substituents is 1. The fourth-order valence-corrected chi connectivity index (χ4v) is 3.46. The predicted octanol–water partition coefficient (Wildman–Crippen LogP) is 1.61. The van der Waals surface area contributed by atoms with E-state index in [1.54, 1.807) is 18.9 Å². The summed E-state index contributed by atoms with van der Waals surface area (Å²) in [6.07, 6.45) is -0.393. The zero-order chi connectivity index (χ0) is 15.0. The Hall–Kier alpha value is -1.64. The van der Waals surface area contributed by atoms with Crippen LogP contribution in [-0.4, -0.2) is 47.5 Å². The minimum atomic E-state index is -0.517. The molecule has 0 spiro atoms. The van der Waals surface area contributed by atoms with E-state index in [9.17, 15) is 14.9 Å². The van der Waals surface area contributed by atoms with Crippen molar-refractivity contribution in [3.05, 3.63) is 39.9 Å². The van der Waals surface area contributed by atoms with Crippen molar-refractivity contribution in [2.75, 3.05) is 13.7 Å². The Morgan fingerprint density at radius 1 is 1.38 bits per heavy atom. The number of methoxy groups -OCH3 is 1. The molecule has 0 saturated carbocycles.